The molecule has 0 amide bonds. The minimum Gasteiger partial charge on any atom is -0.465 e. The van der Waals surface area contributed by atoms with Crippen LogP contribution in [0.25, 0.3) is 11.4 Å². The minimum absolute atomic E-state index is 0.349. The third-order valence-corrected chi connectivity index (χ3v) is 4.60. The zero-order valence-electron chi connectivity index (χ0n) is 14.4. The summed E-state index contributed by atoms with van der Waals surface area (Å²) in [6.07, 6.45) is 0.832. The Morgan fingerprint density at radius 2 is 1.96 bits per heavy atom. The third kappa shape index (κ3) is 3.69. The number of esters is 1. The van der Waals surface area contributed by atoms with Gasteiger partial charge in [-0.05, 0) is 49.1 Å². The third-order valence-electron chi connectivity index (χ3n) is 3.92. The molecule has 0 saturated carbocycles. The van der Waals surface area contributed by atoms with Gasteiger partial charge in [0.15, 0.2) is 5.82 Å². The van der Waals surface area contributed by atoms with E-state index in [4.69, 9.17) is 9.72 Å². The molecular formula is C19H19N3O2S. The molecule has 0 atom stereocenters. The number of methoxy groups -OCH3 is 1. The number of nitrogens with zero attached hydrogens (tertiary/aromatic N) is 2. The van der Waals surface area contributed by atoms with Crippen LogP contribution in [0, 0.1) is 6.92 Å². The largest absolute Gasteiger partial charge is 0.465 e. The molecule has 3 aromatic rings. The van der Waals surface area contributed by atoms with Crippen LogP contribution < -0.4 is 5.32 Å². The lowest BCUT2D eigenvalue weighted by molar-refractivity contribution is 0.0601. The molecule has 1 N–H and O–H groups in total. The van der Waals surface area contributed by atoms with E-state index in [0.29, 0.717) is 11.4 Å². The van der Waals surface area contributed by atoms with Crippen LogP contribution in [0.2, 0.25) is 0 Å². The molecule has 0 aliphatic carbocycles. The summed E-state index contributed by atoms with van der Waals surface area (Å²) in [7, 11) is 1.37. The summed E-state index contributed by atoms with van der Waals surface area (Å²) in [6.45, 7) is 4.09. The summed E-state index contributed by atoms with van der Waals surface area (Å²) in [5, 5.41) is 7.40. The van der Waals surface area contributed by atoms with Gasteiger partial charge in [0.2, 0.25) is 0 Å². The van der Waals surface area contributed by atoms with Crippen LogP contribution in [0.3, 0.4) is 0 Å². The summed E-state index contributed by atoms with van der Waals surface area (Å²) in [4.78, 5) is 20.9. The highest BCUT2D eigenvalue weighted by Gasteiger charge is 2.13. The SMILES string of the molecule is CCc1c(C)nc(-c2ccsc2)nc1Nc1ccc(C(=O)OC)cc1. The number of anilines is 2. The fourth-order valence-corrected chi connectivity index (χ4v) is 3.22. The molecule has 128 valence electrons. The molecule has 6 heteroatoms. The van der Waals surface area contributed by atoms with Crippen molar-refractivity contribution in [3.63, 3.8) is 0 Å². The fraction of sp³-hybridized carbons (Fsp3) is 0.211. The number of carbonyl (C=O) groups is 1. The predicted molar refractivity (Wildman–Crippen MR) is 101 cm³/mol. The molecule has 0 saturated heterocycles. The van der Waals surface area contributed by atoms with Gasteiger partial charge in [0.1, 0.15) is 5.82 Å². The van der Waals surface area contributed by atoms with E-state index in [9.17, 15) is 4.79 Å². The Balaban J connectivity index is 1.94. The second-order valence-corrected chi connectivity index (χ2v) is 6.30. The molecule has 0 bridgehead atoms. The van der Waals surface area contributed by atoms with Crippen molar-refractivity contribution in [1.82, 2.24) is 9.97 Å². The Bertz CT molecular complexity index is 874. The van der Waals surface area contributed by atoms with Crippen molar-refractivity contribution in [3.8, 4) is 11.4 Å². The zero-order chi connectivity index (χ0) is 17.8. The second kappa shape index (κ2) is 7.44. The lowest BCUT2D eigenvalue weighted by Gasteiger charge is -2.14. The molecular weight excluding hydrogens is 334 g/mol. The Kier molecular flexibility index (Phi) is 5.09. The summed E-state index contributed by atoms with van der Waals surface area (Å²) in [5.74, 6) is 1.16. The van der Waals surface area contributed by atoms with Crippen molar-refractivity contribution in [1.29, 1.82) is 0 Å². The highest BCUT2D eigenvalue weighted by Crippen LogP contribution is 2.26. The first-order valence-electron chi connectivity index (χ1n) is 7.98. The summed E-state index contributed by atoms with van der Waals surface area (Å²) in [5.41, 5.74) is 4.43. The van der Waals surface area contributed by atoms with Gasteiger partial charge < -0.3 is 10.1 Å². The number of aromatic nitrogens is 2. The second-order valence-electron chi connectivity index (χ2n) is 5.52. The summed E-state index contributed by atoms with van der Waals surface area (Å²) >= 11 is 1.62. The van der Waals surface area contributed by atoms with E-state index < -0.39 is 0 Å². The number of rotatable bonds is 5. The van der Waals surface area contributed by atoms with Crippen molar-refractivity contribution in [2.24, 2.45) is 0 Å². The topological polar surface area (TPSA) is 64.1 Å². The predicted octanol–water partition coefficient (Wildman–Crippen LogP) is 4.61. The molecule has 0 spiro atoms. The average Bonchev–Trinajstić information content (AvgIpc) is 3.16. The number of nitrogens with one attached hydrogen (secondary N) is 1. The quantitative estimate of drug-likeness (QED) is 0.679. The van der Waals surface area contributed by atoms with Crippen LogP contribution in [0.5, 0.6) is 0 Å². The number of aryl methyl sites for hydroxylation is 1. The summed E-state index contributed by atoms with van der Waals surface area (Å²) < 4.78 is 4.72. The van der Waals surface area contributed by atoms with Crippen LogP contribution in [-0.4, -0.2) is 23.0 Å². The molecule has 2 aromatic heterocycles. The van der Waals surface area contributed by atoms with E-state index >= 15 is 0 Å². The van der Waals surface area contributed by atoms with Crippen molar-refractivity contribution in [2.75, 3.05) is 12.4 Å². The summed E-state index contributed by atoms with van der Waals surface area (Å²) in [6, 6.07) is 9.15. The Labute approximate surface area is 150 Å². The maximum Gasteiger partial charge on any atom is 0.337 e. The van der Waals surface area contributed by atoms with E-state index in [2.05, 4.69) is 17.2 Å². The molecule has 0 aliphatic heterocycles. The molecule has 0 fully saturated rings. The van der Waals surface area contributed by atoms with Crippen LogP contribution in [0.4, 0.5) is 11.5 Å². The van der Waals surface area contributed by atoms with Crippen LogP contribution in [0.15, 0.2) is 41.1 Å². The van der Waals surface area contributed by atoms with Gasteiger partial charge in [0, 0.05) is 27.9 Å². The average molecular weight is 353 g/mol. The van der Waals surface area contributed by atoms with Crippen LogP contribution in [0.1, 0.15) is 28.5 Å². The number of hydrogen-bond donors (Lipinski definition) is 1. The molecule has 1 aromatic carbocycles. The highest BCUT2D eigenvalue weighted by atomic mass is 32.1. The van der Waals surface area contributed by atoms with Crippen molar-refractivity contribution < 1.29 is 9.53 Å². The van der Waals surface area contributed by atoms with Gasteiger partial charge in [-0.3, -0.25) is 0 Å². The van der Waals surface area contributed by atoms with Gasteiger partial charge >= 0.3 is 5.97 Å². The van der Waals surface area contributed by atoms with Crippen LogP contribution >= 0.6 is 11.3 Å². The van der Waals surface area contributed by atoms with Crippen LogP contribution in [-0.2, 0) is 11.2 Å². The number of ether oxygens (including phenoxy) is 1. The van der Waals surface area contributed by atoms with E-state index in [1.54, 1.807) is 23.5 Å². The van der Waals surface area contributed by atoms with Gasteiger partial charge in [-0.2, -0.15) is 11.3 Å². The normalized spacial score (nSPS) is 10.5. The molecule has 0 unspecified atom stereocenters. The van der Waals surface area contributed by atoms with Crippen molar-refractivity contribution in [2.45, 2.75) is 20.3 Å². The van der Waals surface area contributed by atoms with Gasteiger partial charge in [0.05, 0.1) is 12.7 Å². The number of benzene rings is 1. The first-order chi connectivity index (χ1) is 12.1. The van der Waals surface area contributed by atoms with E-state index in [1.165, 1.54) is 7.11 Å². The Morgan fingerprint density at radius 3 is 2.56 bits per heavy atom. The van der Waals surface area contributed by atoms with Gasteiger partial charge in [0.25, 0.3) is 0 Å². The Hall–Kier alpha value is -2.73. The van der Waals surface area contributed by atoms with E-state index in [-0.39, 0.29) is 5.97 Å². The maximum absolute atomic E-state index is 11.5. The Morgan fingerprint density at radius 1 is 1.20 bits per heavy atom. The van der Waals surface area contributed by atoms with Gasteiger partial charge in [-0.1, -0.05) is 6.92 Å². The molecule has 0 aliphatic rings. The fourth-order valence-electron chi connectivity index (χ4n) is 2.59. The zero-order valence-corrected chi connectivity index (χ0v) is 15.2. The lowest BCUT2D eigenvalue weighted by atomic mass is 10.1. The number of carbonyl (C=O) groups excluding carboxylic acids is 1. The minimum atomic E-state index is -0.349. The highest BCUT2D eigenvalue weighted by molar-refractivity contribution is 7.08. The monoisotopic (exact) mass is 353 g/mol. The molecule has 25 heavy (non-hydrogen) atoms. The number of thiophene rings is 1. The maximum atomic E-state index is 11.5. The smallest absolute Gasteiger partial charge is 0.337 e. The van der Waals surface area contributed by atoms with E-state index in [1.807, 2.05) is 35.9 Å². The lowest BCUT2D eigenvalue weighted by Crippen LogP contribution is -2.05. The number of hydrogen-bond acceptors (Lipinski definition) is 6. The first-order valence-corrected chi connectivity index (χ1v) is 8.92. The first kappa shape index (κ1) is 17.1. The van der Waals surface area contributed by atoms with Gasteiger partial charge in [-0.15, -0.1) is 0 Å². The molecule has 5 nitrogen and oxygen atoms in total. The standard InChI is InChI=1S/C19H19N3O2S/c1-4-16-12(2)20-17(14-9-10-25-11-14)22-18(16)21-15-7-5-13(6-8-15)19(23)24-3/h5-11H,4H2,1-3H3,(H,20,21,22). The van der Waals surface area contributed by atoms with E-state index in [0.717, 1.165) is 34.7 Å². The van der Waals surface area contributed by atoms with Crippen molar-refractivity contribution in [3.05, 3.63) is 57.9 Å². The molecule has 0 radical (unpaired) electrons. The van der Waals surface area contributed by atoms with Gasteiger partial charge in [-0.25, -0.2) is 14.8 Å². The van der Waals surface area contributed by atoms with Crippen molar-refractivity contribution >= 4 is 28.8 Å². The molecule has 3 rings (SSSR count). The molecule has 2 heterocycles.